The van der Waals surface area contributed by atoms with Gasteiger partial charge < -0.3 is 15.3 Å². The molecule has 0 radical (unpaired) electrons. The summed E-state index contributed by atoms with van der Waals surface area (Å²) in [5.74, 6) is 1.20. The zero-order valence-corrected chi connectivity index (χ0v) is 12.1. The Morgan fingerprint density at radius 3 is 2.58 bits per heavy atom. The lowest BCUT2D eigenvalue weighted by Gasteiger charge is -2.32. The number of aliphatic hydroxyl groups is 1. The van der Waals surface area contributed by atoms with E-state index < -0.39 is 0 Å². The lowest BCUT2D eigenvalue weighted by Crippen LogP contribution is -2.48. The maximum Gasteiger partial charge on any atom is 0.317 e. The van der Waals surface area contributed by atoms with Crippen molar-refractivity contribution in [2.24, 2.45) is 11.8 Å². The summed E-state index contributed by atoms with van der Waals surface area (Å²) in [5.41, 5.74) is 0. The Balaban J connectivity index is 1.74. The Labute approximate surface area is 116 Å². The van der Waals surface area contributed by atoms with Crippen LogP contribution in [0.25, 0.3) is 0 Å². The average molecular weight is 268 g/mol. The minimum atomic E-state index is 0.107. The van der Waals surface area contributed by atoms with E-state index in [4.69, 9.17) is 5.11 Å². The Kier molecular flexibility index (Phi) is 5.49. The fourth-order valence-corrected chi connectivity index (χ4v) is 3.22. The van der Waals surface area contributed by atoms with Crippen LogP contribution < -0.4 is 5.32 Å². The van der Waals surface area contributed by atoms with Crippen LogP contribution in [0.3, 0.4) is 0 Å². The van der Waals surface area contributed by atoms with Gasteiger partial charge in [-0.1, -0.05) is 19.8 Å². The topological polar surface area (TPSA) is 52.6 Å². The van der Waals surface area contributed by atoms with Gasteiger partial charge in [-0.2, -0.15) is 0 Å². The highest BCUT2D eigenvalue weighted by atomic mass is 16.3. The molecule has 2 rings (SSSR count). The highest BCUT2D eigenvalue weighted by Gasteiger charge is 2.24. The van der Waals surface area contributed by atoms with E-state index >= 15 is 0 Å². The van der Waals surface area contributed by atoms with Crippen LogP contribution in [0.1, 0.15) is 51.9 Å². The van der Waals surface area contributed by atoms with Gasteiger partial charge in [0.15, 0.2) is 0 Å². The predicted molar refractivity (Wildman–Crippen MR) is 76.0 cm³/mol. The molecule has 0 bridgehead atoms. The third-order valence-electron chi connectivity index (χ3n) is 4.74. The average Bonchev–Trinajstić information content (AvgIpc) is 2.64. The Hall–Kier alpha value is -0.770. The van der Waals surface area contributed by atoms with Gasteiger partial charge in [0.2, 0.25) is 0 Å². The van der Waals surface area contributed by atoms with Crippen LogP contribution in [0, 0.1) is 11.8 Å². The summed E-state index contributed by atoms with van der Waals surface area (Å²) in [5, 5.41) is 12.3. The van der Waals surface area contributed by atoms with Crippen LogP contribution >= 0.6 is 0 Å². The standard InChI is InChI=1S/C15H28N2O2/c1-12-3-2-4-14(6-5-12)16-15(19)17-9-7-13(11-18)8-10-17/h12-14,18H,2-11H2,1H3,(H,16,19). The second kappa shape index (κ2) is 7.13. The smallest absolute Gasteiger partial charge is 0.317 e. The van der Waals surface area contributed by atoms with Crippen LogP contribution in [0.5, 0.6) is 0 Å². The highest BCUT2D eigenvalue weighted by Crippen LogP contribution is 2.23. The van der Waals surface area contributed by atoms with Crippen molar-refractivity contribution in [1.82, 2.24) is 10.2 Å². The molecule has 1 saturated carbocycles. The maximum atomic E-state index is 12.2. The van der Waals surface area contributed by atoms with E-state index in [1.807, 2.05) is 4.90 Å². The molecule has 19 heavy (non-hydrogen) atoms. The number of hydrogen-bond acceptors (Lipinski definition) is 2. The largest absolute Gasteiger partial charge is 0.396 e. The monoisotopic (exact) mass is 268 g/mol. The lowest BCUT2D eigenvalue weighted by molar-refractivity contribution is 0.135. The summed E-state index contributed by atoms with van der Waals surface area (Å²) in [4.78, 5) is 14.1. The van der Waals surface area contributed by atoms with E-state index in [2.05, 4.69) is 12.2 Å². The molecule has 0 aromatic heterocycles. The van der Waals surface area contributed by atoms with Crippen LogP contribution in [0.4, 0.5) is 4.79 Å². The molecular weight excluding hydrogens is 240 g/mol. The van der Waals surface area contributed by atoms with Gasteiger partial charge in [-0.25, -0.2) is 4.79 Å². The molecule has 2 amide bonds. The van der Waals surface area contributed by atoms with Gasteiger partial charge in [0.25, 0.3) is 0 Å². The van der Waals surface area contributed by atoms with E-state index in [0.29, 0.717) is 12.0 Å². The van der Waals surface area contributed by atoms with Crippen LogP contribution in [0.15, 0.2) is 0 Å². The summed E-state index contributed by atoms with van der Waals surface area (Å²) >= 11 is 0. The van der Waals surface area contributed by atoms with Crippen molar-refractivity contribution < 1.29 is 9.90 Å². The fraction of sp³-hybridized carbons (Fsp3) is 0.933. The molecule has 0 aromatic rings. The first kappa shape index (κ1) is 14.6. The van der Waals surface area contributed by atoms with Crippen molar-refractivity contribution in [3.8, 4) is 0 Å². The Bertz CT molecular complexity index is 288. The minimum absolute atomic E-state index is 0.107. The van der Waals surface area contributed by atoms with Crippen LogP contribution in [0.2, 0.25) is 0 Å². The number of carbonyl (C=O) groups is 1. The first-order valence-corrected chi connectivity index (χ1v) is 7.85. The highest BCUT2D eigenvalue weighted by molar-refractivity contribution is 5.74. The van der Waals surface area contributed by atoms with Gasteiger partial charge in [0.1, 0.15) is 0 Å². The van der Waals surface area contributed by atoms with Gasteiger partial charge in [-0.05, 0) is 43.9 Å². The Morgan fingerprint density at radius 1 is 1.16 bits per heavy atom. The van der Waals surface area contributed by atoms with Gasteiger partial charge in [0.05, 0.1) is 0 Å². The van der Waals surface area contributed by atoms with Crippen molar-refractivity contribution in [3.63, 3.8) is 0 Å². The SMILES string of the molecule is CC1CCCC(NC(=O)N2CCC(CO)CC2)CC1. The predicted octanol–water partition coefficient (Wildman–Crippen LogP) is 2.37. The molecule has 2 unspecified atom stereocenters. The molecule has 1 aliphatic heterocycles. The van der Waals surface area contributed by atoms with E-state index in [0.717, 1.165) is 44.7 Å². The molecule has 0 aromatic carbocycles. The van der Waals surface area contributed by atoms with Gasteiger partial charge >= 0.3 is 6.03 Å². The van der Waals surface area contributed by atoms with Crippen molar-refractivity contribution in [2.45, 2.75) is 57.9 Å². The first-order valence-electron chi connectivity index (χ1n) is 7.85. The summed E-state index contributed by atoms with van der Waals surface area (Å²) in [6.45, 7) is 4.15. The number of likely N-dealkylation sites (tertiary alicyclic amines) is 1. The first-order chi connectivity index (χ1) is 9.19. The summed E-state index contributed by atoms with van der Waals surface area (Å²) in [6, 6.07) is 0.476. The molecule has 2 aliphatic rings. The molecule has 2 atom stereocenters. The van der Waals surface area contributed by atoms with Gasteiger partial charge in [-0.15, -0.1) is 0 Å². The van der Waals surface area contributed by atoms with Gasteiger partial charge in [0, 0.05) is 25.7 Å². The number of piperidine rings is 1. The van der Waals surface area contributed by atoms with Crippen LogP contribution in [-0.4, -0.2) is 41.8 Å². The number of rotatable bonds is 2. The number of nitrogens with zero attached hydrogens (tertiary/aromatic N) is 1. The summed E-state index contributed by atoms with van der Waals surface area (Å²) in [6.07, 6.45) is 7.89. The third kappa shape index (κ3) is 4.37. The van der Waals surface area contributed by atoms with Gasteiger partial charge in [-0.3, -0.25) is 0 Å². The third-order valence-corrected chi connectivity index (χ3v) is 4.74. The van der Waals surface area contributed by atoms with Crippen molar-refractivity contribution >= 4 is 6.03 Å². The number of urea groups is 1. The molecule has 4 nitrogen and oxygen atoms in total. The molecule has 2 fully saturated rings. The van der Waals surface area contributed by atoms with Crippen molar-refractivity contribution in [1.29, 1.82) is 0 Å². The maximum absolute atomic E-state index is 12.2. The second-order valence-corrected chi connectivity index (χ2v) is 6.37. The molecule has 4 heteroatoms. The van der Waals surface area contributed by atoms with Crippen molar-refractivity contribution in [2.75, 3.05) is 19.7 Å². The zero-order valence-electron chi connectivity index (χ0n) is 12.1. The van der Waals surface area contributed by atoms with E-state index in [9.17, 15) is 4.79 Å². The molecule has 1 saturated heterocycles. The molecule has 110 valence electrons. The van der Waals surface area contributed by atoms with Crippen LogP contribution in [-0.2, 0) is 0 Å². The number of nitrogens with one attached hydrogen (secondary N) is 1. The quantitative estimate of drug-likeness (QED) is 0.755. The van der Waals surface area contributed by atoms with E-state index in [1.54, 1.807) is 0 Å². The lowest BCUT2D eigenvalue weighted by atomic mass is 9.98. The number of hydrogen-bond donors (Lipinski definition) is 2. The summed E-state index contributed by atoms with van der Waals surface area (Å²) in [7, 11) is 0. The van der Waals surface area contributed by atoms with Crippen molar-refractivity contribution in [3.05, 3.63) is 0 Å². The van der Waals surface area contributed by atoms with E-state index in [1.165, 1.54) is 19.3 Å². The number of carbonyl (C=O) groups excluding carboxylic acids is 1. The summed E-state index contributed by atoms with van der Waals surface area (Å²) < 4.78 is 0. The Morgan fingerprint density at radius 2 is 1.89 bits per heavy atom. The number of aliphatic hydroxyl groups excluding tert-OH is 1. The molecule has 0 spiro atoms. The normalized spacial score (nSPS) is 29.9. The molecule has 1 heterocycles. The van der Waals surface area contributed by atoms with E-state index in [-0.39, 0.29) is 12.6 Å². The molecule has 1 aliphatic carbocycles. The number of amides is 2. The fourth-order valence-electron chi connectivity index (χ4n) is 3.22. The second-order valence-electron chi connectivity index (χ2n) is 6.37. The zero-order chi connectivity index (χ0) is 13.7. The molecular formula is C15H28N2O2. The molecule has 2 N–H and O–H groups in total. The minimum Gasteiger partial charge on any atom is -0.396 e.